The van der Waals surface area contributed by atoms with Gasteiger partial charge < -0.3 is 5.73 Å². The summed E-state index contributed by atoms with van der Waals surface area (Å²) >= 11 is 1.26. The van der Waals surface area contributed by atoms with Crippen molar-refractivity contribution < 1.29 is 17.6 Å². The second kappa shape index (κ2) is 5.90. The first-order chi connectivity index (χ1) is 9.79. The number of carbonyl (C=O) groups is 1. The molecule has 0 fully saturated rings. The van der Waals surface area contributed by atoms with Gasteiger partial charge in [-0.15, -0.1) is 11.3 Å². The van der Waals surface area contributed by atoms with Crippen LogP contribution in [0.3, 0.4) is 0 Å². The topological polar surface area (TPSA) is 90.1 Å². The molecule has 2 aromatic rings. The van der Waals surface area contributed by atoms with Crippen LogP contribution in [0, 0.1) is 5.82 Å². The predicted octanol–water partition coefficient (Wildman–Crippen LogP) is 1.74. The number of halogens is 1. The lowest BCUT2D eigenvalue weighted by molar-refractivity contribution is -0.117. The Morgan fingerprint density at radius 1 is 1.38 bits per heavy atom. The first kappa shape index (κ1) is 15.6. The third-order valence-electron chi connectivity index (χ3n) is 2.93. The average Bonchev–Trinajstić information content (AvgIpc) is 2.86. The Kier molecular flexibility index (Phi) is 4.38. The summed E-state index contributed by atoms with van der Waals surface area (Å²) < 4.78 is 36.7. The lowest BCUT2D eigenvalue weighted by Crippen LogP contribution is -2.34. The highest BCUT2D eigenvalue weighted by Crippen LogP contribution is 2.25. The Labute approximate surface area is 125 Å². The molecule has 1 aromatic carbocycles. The zero-order chi connectivity index (χ0) is 15.6. The van der Waals surface area contributed by atoms with Crippen molar-refractivity contribution in [3.05, 3.63) is 41.2 Å². The number of hydrogen-bond donors (Lipinski definition) is 1. The SMILES string of the molecule is CC(C(N)=O)S(=O)(=O)Cc1csc(-c2ccc(F)cc2)n1. The molecule has 21 heavy (non-hydrogen) atoms. The van der Waals surface area contributed by atoms with E-state index in [4.69, 9.17) is 5.73 Å². The van der Waals surface area contributed by atoms with Gasteiger partial charge >= 0.3 is 0 Å². The molecule has 0 radical (unpaired) electrons. The van der Waals surface area contributed by atoms with Crippen LogP contribution in [0.2, 0.25) is 0 Å². The van der Waals surface area contributed by atoms with E-state index in [1.807, 2.05) is 0 Å². The fourth-order valence-electron chi connectivity index (χ4n) is 1.61. The molecular formula is C13H13FN2O3S2. The van der Waals surface area contributed by atoms with Crippen LogP contribution in [0.5, 0.6) is 0 Å². The Balaban J connectivity index is 2.21. The quantitative estimate of drug-likeness (QED) is 0.905. The monoisotopic (exact) mass is 328 g/mol. The molecule has 8 heteroatoms. The van der Waals surface area contributed by atoms with E-state index < -0.39 is 21.0 Å². The van der Waals surface area contributed by atoms with Gasteiger partial charge in [-0.2, -0.15) is 0 Å². The number of benzene rings is 1. The van der Waals surface area contributed by atoms with Crippen molar-refractivity contribution >= 4 is 27.1 Å². The summed E-state index contributed by atoms with van der Waals surface area (Å²) in [5.41, 5.74) is 6.06. The maximum atomic E-state index is 12.9. The van der Waals surface area contributed by atoms with Crippen molar-refractivity contribution in [2.45, 2.75) is 17.9 Å². The van der Waals surface area contributed by atoms with E-state index in [9.17, 15) is 17.6 Å². The number of nitrogens with two attached hydrogens (primary N) is 1. The molecule has 5 nitrogen and oxygen atoms in total. The van der Waals surface area contributed by atoms with E-state index in [1.165, 1.54) is 30.4 Å². The molecule has 1 unspecified atom stereocenters. The number of hydrogen-bond acceptors (Lipinski definition) is 5. The minimum absolute atomic E-state index is 0.340. The highest BCUT2D eigenvalue weighted by Gasteiger charge is 2.27. The lowest BCUT2D eigenvalue weighted by Gasteiger charge is -2.07. The maximum absolute atomic E-state index is 12.9. The van der Waals surface area contributed by atoms with Crippen LogP contribution in [-0.4, -0.2) is 24.6 Å². The van der Waals surface area contributed by atoms with Gasteiger partial charge in [0.05, 0.1) is 11.4 Å². The largest absolute Gasteiger partial charge is 0.369 e. The van der Waals surface area contributed by atoms with Crippen LogP contribution in [-0.2, 0) is 20.4 Å². The van der Waals surface area contributed by atoms with Crippen LogP contribution < -0.4 is 5.73 Å². The van der Waals surface area contributed by atoms with Crippen molar-refractivity contribution in [2.75, 3.05) is 0 Å². The Hall–Kier alpha value is -1.80. The molecular weight excluding hydrogens is 315 g/mol. The number of amides is 1. The highest BCUT2D eigenvalue weighted by molar-refractivity contribution is 7.92. The van der Waals surface area contributed by atoms with Gasteiger partial charge in [-0.25, -0.2) is 17.8 Å². The average molecular weight is 328 g/mol. The Morgan fingerprint density at radius 2 is 2.00 bits per heavy atom. The molecule has 1 atom stereocenters. The zero-order valence-corrected chi connectivity index (χ0v) is 12.7. The van der Waals surface area contributed by atoms with Gasteiger partial charge in [-0.3, -0.25) is 4.79 Å². The highest BCUT2D eigenvalue weighted by atomic mass is 32.2. The number of nitrogens with zero attached hydrogens (tertiary/aromatic N) is 1. The molecule has 2 rings (SSSR count). The van der Waals surface area contributed by atoms with Crippen molar-refractivity contribution in [2.24, 2.45) is 5.73 Å². The number of primary amides is 1. The van der Waals surface area contributed by atoms with Gasteiger partial charge in [-0.05, 0) is 31.2 Å². The van der Waals surface area contributed by atoms with E-state index in [0.717, 1.165) is 0 Å². The fourth-order valence-corrected chi connectivity index (χ4v) is 3.70. The van der Waals surface area contributed by atoms with Crippen LogP contribution in [0.4, 0.5) is 4.39 Å². The summed E-state index contributed by atoms with van der Waals surface area (Å²) in [7, 11) is -3.68. The smallest absolute Gasteiger partial charge is 0.235 e. The van der Waals surface area contributed by atoms with Gasteiger partial charge in [0.1, 0.15) is 16.1 Å². The number of thiazole rings is 1. The van der Waals surface area contributed by atoms with Crippen molar-refractivity contribution in [1.29, 1.82) is 0 Å². The number of rotatable bonds is 5. The predicted molar refractivity (Wildman–Crippen MR) is 78.8 cm³/mol. The molecule has 0 aliphatic heterocycles. The lowest BCUT2D eigenvalue weighted by atomic mass is 10.2. The number of sulfone groups is 1. The Bertz CT molecular complexity index is 754. The summed E-state index contributed by atoms with van der Waals surface area (Å²) in [6.45, 7) is 1.25. The number of aromatic nitrogens is 1. The summed E-state index contributed by atoms with van der Waals surface area (Å²) in [6.07, 6.45) is 0. The maximum Gasteiger partial charge on any atom is 0.235 e. The molecule has 2 N–H and O–H groups in total. The van der Waals surface area contributed by atoms with E-state index in [2.05, 4.69) is 4.98 Å². The summed E-state index contributed by atoms with van der Waals surface area (Å²) in [5.74, 6) is -1.59. The molecule has 1 heterocycles. The third kappa shape index (κ3) is 3.64. The van der Waals surface area contributed by atoms with Crippen LogP contribution in [0.25, 0.3) is 10.6 Å². The van der Waals surface area contributed by atoms with Crippen molar-refractivity contribution in [3.8, 4) is 10.6 Å². The second-order valence-corrected chi connectivity index (χ2v) is 7.68. The van der Waals surface area contributed by atoms with Crippen LogP contribution in [0.1, 0.15) is 12.6 Å². The summed E-state index contributed by atoms with van der Waals surface area (Å²) in [6, 6.07) is 5.75. The van der Waals surface area contributed by atoms with Gasteiger partial charge in [0.15, 0.2) is 9.84 Å². The van der Waals surface area contributed by atoms with Gasteiger partial charge in [0.25, 0.3) is 0 Å². The summed E-state index contributed by atoms with van der Waals surface area (Å²) in [4.78, 5) is 15.2. The number of carbonyl (C=O) groups excluding carboxylic acids is 1. The van der Waals surface area contributed by atoms with E-state index in [-0.39, 0.29) is 11.6 Å². The summed E-state index contributed by atoms with van der Waals surface area (Å²) in [5, 5.41) is 0.935. The standard InChI is InChI=1S/C13H13FN2O3S2/c1-8(12(15)17)21(18,19)7-11-6-20-13(16-11)9-2-4-10(14)5-3-9/h2-6,8H,7H2,1H3,(H2,15,17). The Morgan fingerprint density at radius 3 is 2.57 bits per heavy atom. The second-order valence-electron chi connectivity index (χ2n) is 4.50. The first-order valence-corrected chi connectivity index (χ1v) is 8.60. The molecule has 0 bridgehead atoms. The van der Waals surface area contributed by atoms with Crippen LogP contribution in [0.15, 0.2) is 29.6 Å². The zero-order valence-electron chi connectivity index (χ0n) is 11.1. The van der Waals surface area contributed by atoms with Gasteiger partial charge in [-0.1, -0.05) is 0 Å². The van der Waals surface area contributed by atoms with Gasteiger partial charge in [0, 0.05) is 10.9 Å². The van der Waals surface area contributed by atoms with E-state index in [0.29, 0.717) is 16.3 Å². The molecule has 0 saturated heterocycles. The third-order valence-corrected chi connectivity index (χ3v) is 5.88. The fraction of sp³-hybridized carbons (Fsp3) is 0.231. The van der Waals surface area contributed by atoms with Crippen LogP contribution >= 0.6 is 11.3 Å². The molecule has 112 valence electrons. The molecule has 1 aromatic heterocycles. The van der Waals surface area contributed by atoms with E-state index >= 15 is 0 Å². The van der Waals surface area contributed by atoms with Crippen molar-refractivity contribution in [1.82, 2.24) is 4.98 Å². The first-order valence-electron chi connectivity index (χ1n) is 6.01. The minimum Gasteiger partial charge on any atom is -0.369 e. The van der Waals surface area contributed by atoms with Crippen molar-refractivity contribution in [3.63, 3.8) is 0 Å². The molecule has 0 saturated carbocycles. The molecule has 0 aliphatic rings. The normalized spacial score (nSPS) is 13.0. The minimum atomic E-state index is -3.68. The molecule has 0 spiro atoms. The van der Waals surface area contributed by atoms with E-state index in [1.54, 1.807) is 17.5 Å². The molecule has 1 amide bonds. The van der Waals surface area contributed by atoms with Gasteiger partial charge in [0.2, 0.25) is 5.91 Å². The molecule has 0 aliphatic carbocycles.